The second-order valence-electron chi connectivity index (χ2n) is 5.32. The van der Waals surface area contributed by atoms with Gasteiger partial charge in [0.2, 0.25) is 15.9 Å². The minimum atomic E-state index is -3.33. The highest BCUT2D eigenvalue weighted by Crippen LogP contribution is 2.23. The monoisotopic (exact) mass is 375 g/mol. The molecule has 116 valence electrons. The second-order valence-corrected chi connectivity index (χ2v) is 8.27. The molecule has 0 aliphatic carbocycles. The van der Waals surface area contributed by atoms with Crippen molar-refractivity contribution in [2.45, 2.75) is 26.3 Å². The third-order valence-corrected chi connectivity index (χ3v) is 5.74. The number of carbonyl (C=O) groups excluding carboxylic acids is 1. The van der Waals surface area contributed by atoms with E-state index >= 15 is 0 Å². The number of hydrogen-bond acceptors (Lipinski definition) is 4. The van der Waals surface area contributed by atoms with Crippen molar-refractivity contribution in [1.82, 2.24) is 9.29 Å². The molecular formula is C13H18BrN3O3S. The summed E-state index contributed by atoms with van der Waals surface area (Å²) in [6.07, 6.45) is 2.13. The van der Waals surface area contributed by atoms with Gasteiger partial charge in [0.25, 0.3) is 0 Å². The topological polar surface area (TPSA) is 79.4 Å². The summed E-state index contributed by atoms with van der Waals surface area (Å²) < 4.78 is 26.2. The van der Waals surface area contributed by atoms with E-state index in [1.54, 1.807) is 18.3 Å². The van der Waals surface area contributed by atoms with Gasteiger partial charge < -0.3 is 5.32 Å². The minimum Gasteiger partial charge on any atom is -0.309 e. The van der Waals surface area contributed by atoms with Crippen LogP contribution >= 0.6 is 15.9 Å². The van der Waals surface area contributed by atoms with E-state index in [0.717, 1.165) is 4.47 Å². The predicted octanol–water partition coefficient (Wildman–Crippen LogP) is 1.84. The lowest BCUT2D eigenvalue weighted by Crippen LogP contribution is -2.48. The van der Waals surface area contributed by atoms with Gasteiger partial charge in [-0.1, -0.05) is 29.8 Å². The molecule has 1 saturated heterocycles. The van der Waals surface area contributed by atoms with Crippen LogP contribution in [-0.2, 0) is 14.8 Å². The highest BCUT2D eigenvalue weighted by molar-refractivity contribution is 9.10. The highest BCUT2D eigenvalue weighted by atomic mass is 79.9. The van der Waals surface area contributed by atoms with Crippen molar-refractivity contribution < 1.29 is 13.2 Å². The Bertz CT molecular complexity index is 633. The van der Waals surface area contributed by atoms with Gasteiger partial charge in [-0.3, -0.25) is 4.79 Å². The molecular weight excluding hydrogens is 358 g/mol. The molecule has 1 atom stereocenters. The van der Waals surface area contributed by atoms with Crippen LogP contribution in [-0.4, -0.2) is 42.0 Å². The van der Waals surface area contributed by atoms with Crippen molar-refractivity contribution >= 4 is 37.7 Å². The van der Waals surface area contributed by atoms with Crippen LogP contribution in [0, 0.1) is 5.92 Å². The van der Waals surface area contributed by atoms with Crippen molar-refractivity contribution in [3.63, 3.8) is 0 Å². The third-order valence-electron chi connectivity index (χ3n) is 3.32. The standard InChI is InChI=1S/C13H18BrN3O3S/c1-9(2)12(17-6-3-7-21(17,19)20)13(18)16-11-8-10(14)4-5-15-11/h4-5,8-9,12H,3,6-7H2,1-2H3,(H,15,16,18)/t12-/m0/s1. The Morgan fingerprint density at radius 2 is 2.19 bits per heavy atom. The minimum absolute atomic E-state index is 0.110. The Balaban J connectivity index is 2.21. The van der Waals surface area contributed by atoms with Gasteiger partial charge in [-0.05, 0) is 24.5 Å². The maximum atomic E-state index is 12.5. The molecule has 0 spiro atoms. The Kier molecular flexibility index (Phi) is 5.00. The summed E-state index contributed by atoms with van der Waals surface area (Å²) in [6, 6.07) is 2.71. The fourth-order valence-electron chi connectivity index (χ4n) is 2.41. The van der Waals surface area contributed by atoms with E-state index in [4.69, 9.17) is 0 Å². The molecule has 2 heterocycles. The maximum absolute atomic E-state index is 12.5. The van der Waals surface area contributed by atoms with E-state index in [-0.39, 0.29) is 17.6 Å². The number of halogens is 1. The van der Waals surface area contributed by atoms with Crippen LogP contribution in [0.5, 0.6) is 0 Å². The number of carbonyl (C=O) groups is 1. The van der Waals surface area contributed by atoms with E-state index in [0.29, 0.717) is 18.8 Å². The van der Waals surface area contributed by atoms with E-state index in [2.05, 4.69) is 26.2 Å². The van der Waals surface area contributed by atoms with Crippen molar-refractivity contribution in [3.8, 4) is 0 Å². The molecule has 0 bridgehead atoms. The van der Waals surface area contributed by atoms with Crippen LogP contribution in [0.3, 0.4) is 0 Å². The van der Waals surface area contributed by atoms with Gasteiger partial charge in [0.1, 0.15) is 11.9 Å². The number of amides is 1. The summed E-state index contributed by atoms with van der Waals surface area (Å²) in [6.45, 7) is 4.07. The number of pyridine rings is 1. The number of rotatable bonds is 4. The molecule has 1 aliphatic heterocycles. The summed E-state index contributed by atoms with van der Waals surface area (Å²) in [5.41, 5.74) is 0. The Morgan fingerprint density at radius 3 is 2.71 bits per heavy atom. The predicted molar refractivity (Wildman–Crippen MR) is 84.3 cm³/mol. The molecule has 0 unspecified atom stereocenters. The van der Waals surface area contributed by atoms with E-state index < -0.39 is 16.1 Å². The quantitative estimate of drug-likeness (QED) is 0.870. The molecule has 1 N–H and O–H groups in total. The van der Waals surface area contributed by atoms with Crippen LogP contribution in [0.2, 0.25) is 0 Å². The summed E-state index contributed by atoms with van der Waals surface area (Å²) >= 11 is 3.30. The summed E-state index contributed by atoms with van der Waals surface area (Å²) in [5.74, 6) is 0.0428. The largest absolute Gasteiger partial charge is 0.309 e. The van der Waals surface area contributed by atoms with Crippen LogP contribution in [0.1, 0.15) is 20.3 Å². The zero-order valence-electron chi connectivity index (χ0n) is 11.9. The lowest BCUT2D eigenvalue weighted by atomic mass is 10.0. The Labute approximate surface area is 133 Å². The number of anilines is 1. The zero-order valence-corrected chi connectivity index (χ0v) is 14.3. The Hall–Kier alpha value is -0.990. The molecule has 0 aromatic carbocycles. The summed E-state index contributed by atoms with van der Waals surface area (Å²) in [4.78, 5) is 16.5. The number of nitrogens with one attached hydrogen (secondary N) is 1. The van der Waals surface area contributed by atoms with Crippen LogP contribution < -0.4 is 5.32 Å². The molecule has 1 aromatic rings. The lowest BCUT2D eigenvalue weighted by molar-refractivity contribution is -0.120. The van der Waals surface area contributed by atoms with Crippen LogP contribution in [0.4, 0.5) is 5.82 Å². The van der Waals surface area contributed by atoms with E-state index in [9.17, 15) is 13.2 Å². The lowest BCUT2D eigenvalue weighted by Gasteiger charge is -2.28. The molecule has 2 rings (SSSR count). The van der Waals surface area contributed by atoms with Crippen LogP contribution in [0.25, 0.3) is 0 Å². The zero-order chi connectivity index (χ0) is 15.6. The molecule has 0 radical (unpaired) electrons. The van der Waals surface area contributed by atoms with Crippen molar-refractivity contribution in [3.05, 3.63) is 22.8 Å². The van der Waals surface area contributed by atoms with Gasteiger partial charge in [-0.15, -0.1) is 0 Å². The molecule has 0 saturated carbocycles. The highest BCUT2D eigenvalue weighted by Gasteiger charge is 2.39. The number of sulfonamides is 1. The first-order valence-corrected chi connectivity index (χ1v) is 9.13. The first-order chi connectivity index (χ1) is 9.81. The van der Waals surface area contributed by atoms with Gasteiger partial charge in [-0.2, -0.15) is 4.31 Å². The summed E-state index contributed by atoms with van der Waals surface area (Å²) in [7, 11) is -3.33. The molecule has 1 aromatic heterocycles. The molecule has 1 amide bonds. The third kappa shape index (κ3) is 3.81. The smallest absolute Gasteiger partial charge is 0.244 e. The Morgan fingerprint density at radius 1 is 1.48 bits per heavy atom. The number of nitrogens with zero attached hydrogens (tertiary/aromatic N) is 2. The first-order valence-electron chi connectivity index (χ1n) is 6.73. The average molecular weight is 376 g/mol. The van der Waals surface area contributed by atoms with Gasteiger partial charge in [0, 0.05) is 17.2 Å². The van der Waals surface area contributed by atoms with Gasteiger partial charge in [0.05, 0.1) is 5.75 Å². The molecule has 1 fully saturated rings. The van der Waals surface area contributed by atoms with Crippen molar-refractivity contribution in [2.75, 3.05) is 17.6 Å². The van der Waals surface area contributed by atoms with Gasteiger partial charge in [-0.25, -0.2) is 13.4 Å². The van der Waals surface area contributed by atoms with Crippen LogP contribution in [0.15, 0.2) is 22.8 Å². The average Bonchev–Trinajstić information content (AvgIpc) is 2.69. The maximum Gasteiger partial charge on any atom is 0.244 e. The fourth-order valence-corrected chi connectivity index (χ4v) is 4.57. The number of hydrogen-bond donors (Lipinski definition) is 1. The summed E-state index contributed by atoms with van der Waals surface area (Å²) in [5, 5.41) is 2.69. The van der Waals surface area contributed by atoms with Gasteiger partial charge in [0.15, 0.2) is 0 Å². The second kappa shape index (κ2) is 6.41. The SMILES string of the molecule is CC(C)[C@@H](C(=O)Nc1cc(Br)ccn1)N1CCCS1(=O)=O. The molecule has 1 aliphatic rings. The number of aromatic nitrogens is 1. The normalized spacial score (nSPS) is 19.6. The fraction of sp³-hybridized carbons (Fsp3) is 0.538. The first kappa shape index (κ1) is 16.4. The van der Waals surface area contributed by atoms with E-state index in [1.807, 2.05) is 13.8 Å². The van der Waals surface area contributed by atoms with Gasteiger partial charge >= 0.3 is 0 Å². The molecule has 6 nitrogen and oxygen atoms in total. The van der Waals surface area contributed by atoms with Crippen molar-refractivity contribution in [1.29, 1.82) is 0 Å². The van der Waals surface area contributed by atoms with Crippen molar-refractivity contribution in [2.24, 2.45) is 5.92 Å². The molecule has 21 heavy (non-hydrogen) atoms. The van der Waals surface area contributed by atoms with E-state index in [1.165, 1.54) is 4.31 Å². The molecule has 8 heteroatoms.